The van der Waals surface area contributed by atoms with Crippen LogP contribution in [0.1, 0.15) is 39.2 Å². The van der Waals surface area contributed by atoms with Gasteiger partial charge in [0.2, 0.25) is 5.91 Å². The van der Waals surface area contributed by atoms with E-state index in [9.17, 15) is 4.79 Å². The van der Waals surface area contributed by atoms with Crippen LogP contribution in [-0.4, -0.2) is 25.0 Å². The van der Waals surface area contributed by atoms with E-state index in [0.29, 0.717) is 11.6 Å². The Kier molecular flexibility index (Phi) is 9.67. The first-order valence-electron chi connectivity index (χ1n) is 7.22. The van der Waals surface area contributed by atoms with Crippen molar-refractivity contribution in [1.29, 1.82) is 0 Å². The highest BCUT2D eigenvalue weighted by Crippen LogP contribution is 2.26. The van der Waals surface area contributed by atoms with Gasteiger partial charge in [0.15, 0.2) is 0 Å². The summed E-state index contributed by atoms with van der Waals surface area (Å²) in [6.45, 7) is 9.77. The first-order chi connectivity index (χ1) is 9.45. The minimum Gasteiger partial charge on any atom is -0.354 e. The fourth-order valence-corrected chi connectivity index (χ4v) is 2.52. The van der Waals surface area contributed by atoms with E-state index in [1.54, 1.807) is 0 Å². The van der Waals surface area contributed by atoms with Gasteiger partial charge in [-0.3, -0.25) is 4.79 Å². The first kappa shape index (κ1) is 20.2. The second-order valence-electron chi connectivity index (χ2n) is 5.48. The number of benzene rings is 1. The molecule has 0 spiro atoms. The maximum atomic E-state index is 12.4. The van der Waals surface area contributed by atoms with Crippen molar-refractivity contribution < 1.29 is 4.79 Å². The monoisotopic (exact) mass is 332 g/mol. The van der Waals surface area contributed by atoms with E-state index in [0.717, 1.165) is 12.1 Å². The molecular formula is C16H26Cl2N2O. The van der Waals surface area contributed by atoms with Gasteiger partial charge in [-0.05, 0) is 37.1 Å². The quantitative estimate of drug-likeness (QED) is 0.800. The molecule has 0 fully saturated rings. The second-order valence-corrected chi connectivity index (χ2v) is 5.92. The van der Waals surface area contributed by atoms with Crippen LogP contribution < -0.4 is 10.6 Å². The van der Waals surface area contributed by atoms with Gasteiger partial charge in [-0.15, -0.1) is 12.4 Å². The number of halogens is 2. The molecule has 0 heterocycles. The number of hydrogen-bond acceptors (Lipinski definition) is 2. The molecule has 0 aliphatic rings. The summed E-state index contributed by atoms with van der Waals surface area (Å²) in [7, 11) is 0. The number of likely N-dealkylation sites (N-methyl/N-ethyl adjacent to an activating group) is 1. The lowest BCUT2D eigenvalue weighted by molar-refractivity contribution is -0.123. The molecule has 0 aliphatic carbocycles. The largest absolute Gasteiger partial charge is 0.354 e. The van der Waals surface area contributed by atoms with Crippen molar-refractivity contribution in [3.63, 3.8) is 0 Å². The standard InChI is InChI=1S/C16H25ClN2O.ClH/c1-5-18-12(4)10-19-16(20)15(11(2)3)13-7-6-8-14(17)9-13;/h6-9,11-12,15,18H,5,10H2,1-4H3,(H,19,20);1H/t12-,15?;/m1./s1. The van der Waals surface area contributed by atoms with Crippen LogP contribution in [0.3, 0.4) is 0 Å². The lowest BCUT2D eigenvalue weighted by Gasteiger charge is -2.22. The molecule has 0 saturated carbocycles. The van der Waals surface area contributed by atoms with E-state index >= 15 is 0 Å². The smallest absolute Gasteiger partial charge is 0.227 e. The SMILES string of the molecule is CCN[C@H](C)CNC(=O)C(c1cccc(Cl)c1)C(C)C.Cl. The Morgan fingerprint density at radius 2 is 1.95 bits per heavy atom. The molecule has 1 amide bonds. The molecule has 1 rings (SSSR count). The Bertz CT molecular complexity index is 438. The molecule has 21 heavy (non-hydrogen) atoms. The fourth-order valence-electron chi connectivity index (χ4n) is 2.32. The first-order valence-corrected chi connectivity index (χ1v) is 7.60. The van der Waals surface area contributed by atoms with Crippen LogP contribution in [0.15, 0.2) is 24.3 Å². The molecular weight excluding hydrogens is 307 g/mol. The second kappa shape index (κ2) is 10.0. The molecule has 3 nitrogen and oxygen atoms in total. The minimum atomic E-state index is -0.164. The third-order valence-corrected chi connectivity index (χ3v) is 3.53. The third kappa shape index (κ3) is 6.68. The van der Waals surface area contributed by atoms with Crippen molar-refractivity contribution in [2.45, 2.75) is 39.7 Å². The number of nitrogens with one attached hydrogen (secondary N) is 2. The molecule has 0 saturated heterocycles. The fraction of sp³-hybridized carbons (Fsp3) is 0.562. The molecule has 2 N–H and O–H groups in total. The Hall–Kier alpha value is -0.770. The Morgan fingerprint density at radius 1 is 1.29 bits per heavy atom. The van der Waals surface area contributed by atoms with Crippen molar-refractivity contribution in [3.8, 4) is 0 Å². The molecule has 2 atom stereocenters. The van der Waals surface area contributed by atoms with E-state index < -0.39 is 0 Å². The van der Waals surface area contributed by atoms with Gasteiger partial charge in [-0.25, -0.2) is 0 Å². The molecule has 0 aliphatic heterocycles. The highest BCUT2D eigenvalue weighted by molar-refractivity contribution is 6.30. The number of carbonyl (C=O) groups is 1. The maximum absolute atomic E-state index is 12.4. The molecule has 0 radical (unpaired) electrons. The van der Waals surface area contributed by atoms with Gasteiger partial charge in [0, 0.05) is 17.6 Å². The Balaban J connectivity index is 0.00000400. The predicted molar refractivity (Wildman–Crippen MR) is 92.4 cm³/mol. The zero-order valence-corrected chi connectivity index (χ0v) is 14.7. The normalized spacial score (nSPS) is 13.4. The zero-order chi connectivity index (χ0) is 15.1. The van der Waals surface area contributed by atoms with Crippen LogP contribution in [0.25, 0.3) is 0 Å². The molecule has 0 bridgehead atoms. The van der Waals surface area contributed by atoms with Crippen molar-refractivity contribution in [3.05, 3.63) is 34.9 Å². The van der Waals surface area contributed by atoms with Gasteiger partial charge in [-0.2, -0.15) is 0 Å². The molecule has 120 valence electrons. The van der Waals surface area contributed by atoms with Gasteiger partial charge < -0.3 is 10.6 Å². The summed E-state index contributed by atoms with van der Waals surface area (Å²) in [4.78, 5) is 12.4. The van der Waals surface area contributed by atoms with Crippen LogP contribution in [-0.2, 0) is 4.79 Å². The number of hydrogen-bond donors (Lipinski definition) is 2. The summed E-state index contributed by atoms with van der Waals surface area (Å²) in [5, 5.41) is 6.97. The van der Waals surface area contributed by atoms with E-state index in [1.165, 1.54) is 0 Å². The van der Waals surface area contributed by atoms with Crippen molar-refractivity contribution in [2.75, 3.05) is 13.1 Å². The van der Waals surface area contributed by atoms with Crippen LogP contribution in [0.5, 0.6) is 0 Å². The van der Waals surface area contributed by atoms with Crippen LogP contribution in [0.2, 0.25) is 5.02 Å². The summed E-state index contributed by atoms with van der Waals surface area (Å²) in [6.07, 6.45) is 0. The Morgan fingerprint density at radius 3 is 2.48 bits per heavy atom. The topological polar surface area (TPSA) is 41.1 Å². The van der Waals surface area contributed by atoms with Gasteiger partial charge in [0.1, 0.15) is 0 Å². The molecule has 0 aromatic heterocycles. The molecule has 1 aromatic carbocycles. The minimum absolute atomic E-state index is 0. The highest BCUT2D eigenvalue weighted by Gasteiger charge is 2.24. The number of rotatable bonds is 7. The van der Waals surface area contributed by atoms with Gasteiger partial charge in [0.05, 0.1) is 5.92 Å². The zero-order valence-electron chi connectivity index (χ0n) is 13.2. The average molecular weight is 333 g/mol. The van der Waals surface area contributed by atoms with Crippen molar-refractivity contribution in [2.24, 2.45) is 5.92 Å². The highest BCUT2D eigenvalue weighted by atomic mass is 35.5. The summed E-state index contributed by atoms with van der Waals surface area (Å²) in [5.74, 6) is 0.123. The van der Waals surface area contributed by atoms with E-state index in [-0.39, 0.29) is 36.2 Å². The predicted octanol–water partition coefficient (Wildman–Crippen LogP) is 3.62. The third-order valence-electron chi connectivity index (χ3n) is 3.29. The average Bonchev–Trinajstić information content (AvgIpc) is 2.36. The van der Waals surface area contributed by atoms with E-state index in [1.807, 2.05) is 24.3 Å². The summed E-state index contributed by atoms with van der Waals surface area (Å²) >= 11 is 6.03. The summed E-state index contributed by atoms with van der Waals surface area (Å²) in [6, 6.07) is 7.83. The molecule has 1 aromatic rings. The van der Waals surface area contributed by atoms with E-state index in [4.69, 9.17) is 11.6 Å². The van der Waals surface area contributed by atoms with Crippen LogP contribution >= 0.6 is 24.0 Å². The number of amides is 1. The maximum Gasteiger partial charge on any atom is 0.227 e. The number of carbonyl (C=O) groups excluding carboxylic acids is 1. The van der Waals surface area contributed by atoms with E-state index in [2.05, 4.69) is 38.3 Å². The molecule has 1 unspecified atom stereocenters. The van der Waals surface area contributed by atoms with Crippen LogP contribution in [0.4, 0.5) is 0 Å². The lowest BCUT2D eigenvalue weighted by Crippen LogP contribution is -2.41. The van der Waals surface area contributed by atoms with Gasteiger partial charge >= 0.3 is 0 Å². The Labute approximate surface area is 139 Å². The van der Waals surface area contributed by atoms with Gasteiger partial charge in [0.25, 0.3) is 0 Å². The molecule has 5 heteroatoms. The summed E-state index contributed by atoms with van der Waals surface area (Å²) in [5.41, 5.74) is 0.973. The van der Waals surface area contributed by atoms with Crippen molar-refractivity contribution in [1.82, 2.24) is 10.6 Å². The lowest BCUT2D eigenvalue weighted by atomic mass is 9.87. The van der Waals surface area contributed by atoms with Gasteiger partial charge in [-0.1, -0.05) is 44.5 Å². The van der Waals surface area contributed by atoms with Crippen molar-refractivity contribution >= 4 is 29.9 Å². The summed E-state index contributed by atoms with van der Waals surface area (Å²) < 4.78 is 0. The van der Waals surface area contributed by atoms with Crippen LogP contribution in [0, 0.1) is 5.92 Å².